The molecule has 0 radical (unpaired) electrons. The highest BCUT2D eigenvalue weighted by Crippen LogP contribution is 2.43. The Balaban J connectivity index is 1.70. The van der Waals surface area contributed by atoms with Crippen molar-refractivity contribution in [1.82, 2.24) is 5.32 Å². The van der Waals surface area contributed by atoms with Gasteiger partial charge in [-0.3, -0.25) is 4.79 Å². The maximum absolute atomic E-state index is 12.1. The fraction of sp³-hybridized carbons (Fsp3) is 0.632. The lowest BCUT2D eigenvalue weighted by molar-refractivity contribution is -0.121. The number of carbonyl (C=O) groups is 1. The SMILES string of the molecule is CC(N)CCC(=O)NCC1(c2ccc3c(c2)OCCO3)CCCC1. The van der Waals surface area contributed by atoms with E-state index in [9.17, 15) is 4.79 Å². The largest absolute Gasteiger partial charge is 0.486 e. The summed E-state index contributed by atoms with van der Waals surface area (Å²) in [6, 6.07) is 6.30. The van der Waals surface area contributed by atoms with E-state index in [1.54, 1.807) is 0 Å². The van der Waals surface area contributed by atoms with Crippen molar-refractivity contribution in [2.75, 3.05) is 19.8 Å². The van der Waals surface area contributed by atoms with Crippen LogP contribution in [0.1, 0.15) is 51.0 Å². The minimum atomic E-state index is 0.0137. The second-order valence-corrected chi connectivity index (χ2v) is 7.14. The minimum absolute atomic E-state index is 0.0137. The van der Waals surface area contributed by atoms with Crippen LogP contribution in [0.15, 0.2) is 18.2 Å². The van der Waals surface area contributed by atoms with E-state index in [0.717, 1.165) is 30.8 Å². The molecule has 0 bridgehead atoms. The molecule has 1 aliphatic heterocycles. The number of amides is 1. The third kappa shape index (κ3) is 3.83. The summed E-state index contributed by atoms with van der Waals surface area (Å²) in [4.78, 5) is 12.1. The number of nitrogens with two attached hydrogens (primary N) is 1. The van der Waals surface area contributed by atoms with Gasteiger partial charge in [0.05, 0.1) is 0 Å². The van der Waals surface area contributed by atoms with Crippen LogP contribution >= 0.6 is 0 Å². The summed E-state index contributed by atoms with van der Waals surface area (Å²) in [6.07, 6.45) is 5.81. The highest BCUT2D eigenvalue weighted by atomic mass is 16.6. The van der Waals surface area contributed by atoms with Gasteiger partial charge in [-0.2, -0.15) is 0 Å². The molecule has 1 heterocycles. The van der Waals surface area contributed by atoms with E-state index < -0.39 is 0 Å². The summed E-state index contributed by atoms with van der Waals surface area (Å²) in [5.41, 5.74) is 7.00. The van der Waals surface area contributed by atoms with Crippen LogP contribution in [0, 0.1) is 0 Å². The zero-order valence-corrected chi connectivity index (χ0v) is 14.5. The van der Waals surface area contributed by atoms with E-state index in [0.29, 0.717) is 26.2 Å². The quantitative estimate of drug-likeness (QED) is 0.839. The van der Waals surface area contributed by atoms with Crippen LogP contribution in [0.3, 0.4) is 0 Å². The fourth-order valence-electron chi connectivity index (χ4n) is 3.71. The number of rotatable bonds is 6. The molecule has 0 aromatic heterocycles. The fourth-order valence-corrected chi connectivity index (χ4v) is 3.71. The van der Waals surface area contributed by atoms with Gasteiger partial charge in [0.2, 0.25) is 5.91 Å². The predicted octanol–water partition coefficient (Wildman–Crippen LogP) is 2.51. The molecule has 3 rings (SSSR count). The lowest BCUT2D eigenvalue weighted by atomic mass is 9.78. The molecular formula is C19H28N2O3. The number of fused-ring (bicyclic) bond motifs is 1. The third-order valence-corrected chi connectivity index (χ3v) is 5.17. The Hall–Kier alpha value is -1.75. The monoisotopic (exact) mass is 332 g/mol. The van der Waals surface area contributed by atoms with Gasteiger partial charge in [0, 0.05) is 24.4 Å². The topological polar surface area (TPSA) is 73.6 Å². The average Bonchev–Trinajstić information content (AvgIpc) is 3.08. The number of carbonyl (C=O) groups excluding carboxylic acids is 1. The van der Waals surface area contributed by atoms with Crippen LogP contribution in [-0.2, 0) is 10.2 Å². The Kier molecular flexibility index (Phi) is 5.29. The highest BCUT2D eigenvalue weighted by molar-refractivity contribution is 5.76. The minimum Gasteiger partial charge on any atom is -0.486 e. The zero-order chi connectivity index (χ0) is 17.0. The van der Waals surface area contributed by atoms with E-state index in [-0.39, 0.29) is 17.4 Å². The molecule has 5 nitrogen and oxygen atoms in total. The van der Waals surface area contributed by atoms with Crippen LogP contribution in [0.4, 0.5) is 0 Å². The molecule has 1 amide bonds. The third-order valence-electron chi connectivity index (χ3n) is 5.17. The average molecular weight is 332 g/mol. The summed E-state index contributed by atoms with van der Waals surface area (Å²) in [7, 11) is 0. The van der Waals surface area contributed by atoms with Crippen molar-refractivity contribution in [3.63, 3.8) is 0 Å². The Bertz CT molecular complexity index is 580. The maximum atomic E-state index is 12.1. The number of ether oxygens (including phenoxy) is 2. The molecule has 1 unspecified atom stereocenters. The normalized spacial score (nSPS) is 19.8. The van der Waals surface area contributed by atoms with Gasteiger partial charge in [0.25, 0.3) is 0 Å². The first-order chi connectivity index (χ1) is 11.6. The van der Waals surface area contributed by atoms with E-state index in [4.69, 9.17) is 15.2 Å². The lowest BCUT2D eigenvalue weighted by Crippen LogP contribution is -2.39. The molecule has 132 valence electrons. The van der Waals surface area contributed by atoms with E-state index in [1.165, 1.54) is 18.4 Å². The number of benzene rings is 1. The number of nitrogens with one attached hydrogen (secondary N) is 1. The van der Waals surface area contributed by atoms with Gasteiger partial charge in [-0.15, -0.1) is 0 Å². The van der Waals surface area contributed by atoms with Crippen LogP contribution in [0.25, 0.3) is 0 Å². The Labute approximate surface area is 143 Å². The van der Waals surface area contributed by atoms with Crippen molar-refractivity contribution >= 4 is 5.91 Å². The van der Waals surface area contributed by atoms with Gasteiger partial charge >= 0.3 is 0 Å². The molecule has 1 aliphatic carbocycles. The molecular weight excluding hydrogens is 304 g/mol. The van der Waals surface area contributed by atoms with Crippen LogP contribution in [0.5, 0.6) is 11.5 Å². The molecule has 1 aromatic carbocycles. The van der Waals surface area contributed by atoms with Gasteiger partial charge in [-0.25, -0.2) is 0 Å². The van der Waals surface area contributed by atoms with Crippen molar-refractivity contribution in [3.8, 4) is 11.5 Å². The van der Waals surface area contributed by atoms with Gasteiger partial charge < -0.3 is 20.5 Å². The Morgan fingerprint density at radius 3 is 2.67 bits per heavy atom. The van der Waals surface area contributed by atoms with Crippen molar-refractivity contribution in [1.29, 1.82) is 0 Å². The molecule has 2 aliphatic rings. The van der Waals surface area contributed by atoms with Gasteiger partial charge in [-0.05, 0) is 43.9 Å². The molecule has 1 saturated carbocycles. The van der Waals surface area contributed by atoms with Crippen molar-refractivity contribution in [2.45, 2.75) is 56.9 Å². The smallest absolute Gasteiger partial charge is 0.220 e. The molecule has 3 N–H and O–H groups in total. The number of hydrogen-bond donors (Lipinski definition) is 2. The zero-order valence-electron chi connectivity index (χ0n) is 14.5. The van der Waals surface area contributed by atoms with Crippen LogP contribution in [-0.4, -0.2) is 31.7 Å². The highest BCUT2D eigenvalue weighted by Gasteiger charge is 2.36. The van der Waals surface area contributed by atoms with E-state index in [2.05, 4.69) is 17.4 Å². The first-order valence-corrected chi connectivity index (χ1v) is 9.01. The van der Waals surface area contributed by atoms with Gasteiger partial charge in [0.1, 0.15) is 13.2 Å². The Morgan fingerprint density at radius 2 is 1.96 bits per heavy atom. The molecule has 24 heavy (non-hydrogen) atoms. The van der Waals surface area contributed by atoms with Crippen molar-refractivity contribution < 1.29 is 14.3 Å². The van der Waals surface area contributed by atoms with Crippen molar-refractivity contribution in [3.05, 3.63) is 23.8 Å². The summed E-state index contributed by atoms with van der Waals surface area (Å²) in [6.45, 7) is 3.82. The predicted molar refractivity (Wildman–Crippen MR) is 93.5 cm³/mol. The molecule has 1 atom stereocenters. The standard InChI is InChI=1S/C19H28N2O3/c1-14(20)4-7-18(22)21-13-19(8-2-3-9-19)15-5-6-16-17(12-15)24-11-10-23-16/h5-6,12,14H,2-4,7-11,13,20H2,1H3,(H,21,22). The van der Waals surface area contributed by atoms with Crippen LogP contribution < -0.4 is 20.5 Å². The summed E-state index contributed by atoms with van der Waals surface area (Å²) in [5, 5.41) is 3.13. The lowest BCUT2D eigenvalue weighted by Gasteiger charge is -2.31. The first-order valence-electron chi connectivity index (χ1n) is 9.01. The molecule has 0 saturated heterocycles. The summed E-state index contributed by atoms with van der Waals surface area (Å²) >= 11 is 0. The molecule has 1 fully saturated rings. The molecule has 0 spiro atoms. The van der Waals surface area contributed by atoms with Crippen molar-refractivity contribution in [2.24, 2.45) is 5.73 Å². The summed E-state index contributed by atoms with van der Waals surface area (Å²) < 4.78 is 11.4. The van der Waals surface area contributed by atoms with Gasteiger partial charge in [0.15, 0.2) is 11.5 Å². The molecule has 1 aromatic rings. The first kappa shape index (κ1) is 17.1. The maximum Gasteiger partial charge on any atom is 0.220 e. The van der Waals surface area contributed by atoms with E-state index >= 15 is 0 Å². The summed E-state index contributed by atoms with van der Waals surface area (Å²) in [5.74, 6) is 1.74. The van der Waals surface area contributed by atoms with Gasteiger partial charge in [-0.1, -0.05) is 18.9 Å². The molecule has 5 heteroatoms. The number of hydrogen-bond acceptors (Lipinski definition) is 4. The van der Waals surface area contributed by atoms with E-state index in [1.807, 2.05) is 13.0 Å². The Morgan fingerprint density at radius 1 is 1.25 bits per heavy atom. The second kappa shape index (κ2) is 7.43. The second-order valence-electron chi connectivity index (χ2n) is 7.14. The van der Waals surface area contributed by atoms with Crippen LogP contribution in [0.2, 0.25) is 0 Å².